The molecule has 0 fully saturated rings. The summed E-state index contributed by atoms with van der Waals surface area (Å²) >= 11 is 0. The molecular weight excluding hydrogens is 713 g/mol. The molecule has 59 heavy (non-hydrogen) atoms. The number of hydrogen-bond acceptors (Lipinski definition) is 1. The van der Waals surface area contributed by atoms with E-state index in [9.17, 15) is 0 Å². The van der Waals surface area contributed by atoms with Gasteiger partial charge in [-0.05, 0) is 119 Å². The van der Waals surface area contributed by atoms with Gasteiger partial charge in [-0.15, -0.1) is 0 Å². The molecule has 11 rings (SSSR count). The van der Waals surface area contributed by atoms with E-state index in [4.69, 9.17) is 4.98 Å². The van der Waals surface area contributed by atoms with Crippen LogP contribution in [0, 0.1) is 0 Å². The third-order valence-electron chi connectivity index (χ3n) is 11.2. The molecule has 0 unspecified atom stereocenters. The largest absolute Gasteiger partial charge is 0.292 e. The van der Waals surface area contributed by atoms with Crippen LogP contribution in [0.3, 0.4) is 0 Å². The third kappa shape index (κ3) is 6.73. The van der Waals surface area contributed by atoms with Crippen LogP contribution in [0.5, 0.6) is 0 Å². The number of para-hydroxylation sites is 3. The molecule has 0 aliphatic carbocycles. The minimum Gasteiger partial charge on any atom is -0.292 e. The molecule has 0 aliphatic heterocycles. The summed E-state index contributed by atoms with van der Waals surface area (Å²) in [6.45, 7) is 8.00. The Morgan fingerprint density at radius 3 is 1.41 bits per heavy atom. The Hall–Kier alpha value is -7.29. The van der Waals surface area contributed by atoms with E-state index in [2.05, 4.69) is 211 Å². The molecule has 284 valence electrons. The van der Waals surface area contributed by atoms with Crippen LogP contribution in [0.15, 0.2) is 206 Å². The van der Waals surface area contributed by atoms with Gasteiger partial charge in [0.25, 0.3) is 0 Å². The summed E-state index contributed by atoms with van der Waals surface area (Å²) in [6, 6.07) is 74.8. The van der Waals surface area contributed by atoms with E-state index in [1.807, 2.05) is 27.7 Å². The van der Waals surface area contributed by atoms with Crippen molar-refractivity contribution in [3.05, 3.63) is 206 Å². The Labute approximate surface area is 346 Å². The monoisotopic (exact) mass is 758 g/mol. The lowest BCUT2D eigenvalue weighted by Gasteiger charge is -2.19. The van der Waals surface area contributed by atoms with Crippen LogP contribution in [0.25, 0.3) is 105 Å². The number of imidazole rings is 1. The van der Waals surface area contributed by atoms with Crippen molar-refractivity contribution in [3.8, 4) is 50.5 Å². The van der Waals surface area contributed by atoms with E-state index < -0.39 is 0 Å². The van der Waals surface area contributed by atoms with Crippen LogP contribution in [0.2, 0.25) is 0 Å². The molecule has 1 aromatic heterocycles. The highest BCUT2D eigenvalue weighted by atomic mass is 15.1. The lowest BCUT2D eigenvalue weighted by atomic mass is 9.84. The first-order valence-electron chi connectivity index (χ1n) is 20.9. The zero-order valence-corrected chi connectivity index (χ0v) is 34.0. The lowest BCUT2D eigenvalue weighted by Crippen LogP contribution is -1.97. The van der Waals surface area contributed by atoms with E-state index in [1.54, 1.807) is 0 Å². The molecule has 0 aliphatic rings. The van der Waals surface area contributed by atoms with E-state index in [0.717, 1.165) is 33.7 Å². The van der Waals surface area contributed by atoms with Crippen molar-refractivity contribution in [2.75, 3.05) is 0 Å². The maximum absolute atomic E-state index is 5.12. The van der Waals surface area contributed by atoms with Gasteiger partial charge < -0.3 is 0 Å². The molecule has 1 heterocycles. The van der Waals surface area contributed by atoms with Crippen molar-refractivity contribution in [2.24, 2.45) is 0 Å². The van der Waals surface area contributed by atoms with Crippen molar-refractivity contribution >= 4 is 54.1 Å². The minimum absolute atomic E-state index is 0.933. The second-order valence-electron chi connectivity index (χ2n) is 14.4. The highest BCUT2D eigenvalue weighted by Crippen LogP contribution is 2.46. The third-order valence-corrected chi connectivity index (χ3v) is 11.2. The summed E-state index contributed by atoms with van der Waals surface area (Å²) in [5, 5.41) is 9.97. The number of fused-ring (bicyclic) bond motifs is 5. The van der Waals surface area contributed by atoms with Crippen molar-refractivity contribution < 1.29 is 0 Å². The summed E-state index contributed by atoms with van der Waals surface area (Å²) in [7, 11) is 0. The zero-order valence-electron chi connectivity index (χ0n) is 34.0. The number of nitrogens with zero attached hydrogens (tertiary/aromatic N) is 2. The molecule has 11 aromatic rings. The number of aromatic nitrogens is 2. The maximum Gasteiger partial charge on any atom is 0.145 e. The maximum atomic E-state index is 5.12. The van der Waals surface area contributed by atoms with E-state index >= 15 is 0 Å². The van der Waals surface area contributed by atoms with Crippen LogP contribution in [-0.2, 0) is 0 Å². The van der Waals surface area contributed by atoms with E-state index in [1.165, 1.54) is 70.9 Å². The quantitative estimate of drug-likeness (QED) is 0.160. The van der Waals surface area contributed by atoms with Crippen LogP contribution in [0.1, 0.15) is 27.7 Å². The summed E-state index contributed by atoms with van der Waals surface area (Å²) < 4.78 is 2.26. The van der Waals surface area contributed by atoms with Gasteiger partial charge in [0.1, 0.15) is 5.82 Å². The second-order valence-corrected chi connectivity index (χ2v) is 14.4. The fourth-order valence-electron chi connectivity index (χ4n) is 8.54. The first kappa shape index (κ1) is 37.3. The average molecular weight is 759 g/mol. The molecule has 2 heteroatoms. The van der Waals surface area contributed by atoms with Gasteiger partial charge in [-0.2, -0.15) is 0 Å². The molecule has 0 spiro atoms. The van der Waals surface area contributed by atoms with Crippen molar-refractivity contribution in [3.63, 3.8) is 0 Å². The smallest absolute Gasteiger partial charge is 0.145 e. The summed E-state index contributed by atoms with van der Waals surface area (Å²) in [4.78, 5) is 5.12. The molecule has 2 nitrogen and oxygen atoms in total. The van der Waals surface area contributed by atoms with Gasteiger partial charge in [-0.3, -0.25) is 4.57 Å². The van der Waals surface area contributed by atoms with Crippen molar-refractivity contribution in [1.82, 2.24) is 9.55 Å². The molecule has 0 bridgehead atoms. The fraction of sp³-hybridized carbons (Fsp3) is 0.0702. The van der Waals surface area contributed by atoms with Gasteiger partial charge in [0.05, 0.1) is 11.0 Å². The second kappa shape index (κ2) is 16.3. The normalized spacial score (nSPS) is 11.1. The van der Waals surface area contributed by atoms with Gasteiger partial charge in [-0.1, -0.05) is 191 Å². The van der Waals surface area contributed by atoms with E-state index in [0.29, 0.717) is 0 Å². The summed E-state index contributed by atoms with van der Waals surface area (Å²) in [6.07, 6.45) is 0. The van der Waals surface area contributed by atoms with Crippen molar-refractivity contribution in [1.29, 1.82) is 0 Å². The highest BCUT2D eigenvalue weighted by Gasteiger charge is 2.19. The highest BCUT2D eigenvalue weighted by molar-refractivity contribution is 6.22. The molecule has 0 radical (unpaired) electrons. The number of benzene rings is 10. The Morgan fingerprint density at radius 1 is 0.322 bits per heavy atom. The van der Waals surface area contributed by atoms with Crippen LogP contribution in [0.4, 0.5) is 0 Å². The predicted octanol–water partition coefficient (Wildman–Crippen LogP) is 16.4. The van der Waals surface area contributed by atoms with Gasteiger partial charge in [0.2, 0.25) is 0 Å². The SMILES string of the molecule is CC.CC.c1ccc(-n2c(-c3ccc(-c4ccc5c(-c6ccc7ccccc7c6)c6ccccc6c(-c6ccc7ccccc7c6)c5c4)cc3)nc3ccccc32)cc1. The minimum atomic E-state index is 0.933. The summed E-state index contributed by atoms with van der Waals surface area (Å²) in [5.74, 6) is 0.933. The van der Waals surface area contributed by atoms with Crippen LogP contribution in [-0.4, -0.2) is 9.55 Å². The Kier molecular flexibility index (Phi) is 10.3. The molecule has 0 atom stereocenters. The Balaban J connectivity index is 0.00000109. The lowest BCUT2D eigenvalue weighted by molar-refractivity contribution is 1.10. The molecule has 0 saturated heterocycles. The molecule has 10 aromatic carbocycles. The number of rotatable bonds is 5. The zero-order chi connectivity index (χ0) is 40.3. The fourth-order valence-corrected chi connectivity index (χ4v) is 8.54. The van der Waals surface area contributed by atoms with Crippen LogP contribution >= 0.6 is 0 Å². The van der Waals surface area contributed by atoms with Gasteiger partial charge in [0.15, 0.2) is 0 Å². The Morgan fingerprint density at radius 2 is 0.780 bits per heavy atom. The summed E-state index contributed by atoms with van der Waals surface area (Å²) in [5.41, 5.74) is 11.6. The first-order chi connectivity index (χ1) is 29.3. The molecule has 0 amide bonds. The molecular formula is C57H46N2. The number of hydrogen-bond donors (Lipinski definition) is 0. The average Bonchev–Trinajstić information content (AvgIpc) is 3.72. The van der Waals surface area contributed by atoms with Crippen LogP contribution < -0.4 is 0 Å². The van der Waals surface area contributed by atoms with E-state index in [-0.39, 0.29) is 0 Å². The van der Waals surface area contributed by atoms with Gasteiger partial charge in [0, 0.05) is 11.3 Å². The molecule has 0 N–H and O–H groups in total. The predicted molar refractivity (Wildman–Crippen MR) is 256 cm³/mol. The molecule has 0 saturated carbocycles. The first-order valence-corrected chi connectivity index (χ1v) is 20.9. The van der Waals surface area contributed by atoms with Gasteiger partial charge in [-0.25, -0.2) is 4.98 Å². The standard InChI is InChI=1S/C53H34N2.2C2H6/c1-2-16-44(17-3-1)55-50-21-11-10-20-49(50)54-53(55)38-26-22-37(23-27-38)41-30-31-47-48(34-41)52(43-29-25-36-13-5-7-15-40(36)33-43)46-19-9-8-18-45(46)51(47)42-28-24-35-12-4-6-14-39(35)32-42;2*1-2/h1-34H;2*1-2H3. The van der Waals surface area contributed by atoms with Gasteiger partial charge >= 0.3 is 0 Å². The Bertz CT molecular complexity index is 3240. The topological polar surface area (TPSA) is 17.8 Å². The van der Waals surface area contributed by atoms with Crippen molar-refractivity contribution in [2.45, 2.75) is 27.7 Å².